The SMILES string of the molecule is Nc1nc(=O)n([C@H]2C[C@H](O)[C@@H](CO)O2)cc1CCCSC[C@H]1O[C@@H](n2cnc3c(N)ncnc32)[C@H](O)[C@@H]1O. The first-order valence-electron chi connectivity index (χ1n) is 12.1. The van der Waals surface area contributed by atoms with Crippen LogP contribution < -0.4 is 17.2 Å². The van der Waals surface area contributed by atoms with E-state index < -0.39 is 48.7 Å². The summed E-state index contributed by atoms with van der Waals surface area (Å²) in [6.07, 6.45) is -0.400. The molecule has 2 aliphatic rings. The Hall–Kier alpha value is -2.86. The third-order valence-corrected chi connectivity index (χ3v) is 7.91. The van der Waals surface area contributed by atoms with Crippen molar-refractivity contribution >= 4 is 34.6 Å². The molecule has 0 radical (unpaired) electrons. The van der Waals surface area contributed by atoms with Crippen LogP contribution in [-0.4, -0.2) is 98.1 Å². The molecule has 3 aromatic heterocycles. The van der Waals surface area contributed by atoms with Crippen LogP contribution in [0.1, 0.15) is 30.9 Å². The lowest BCUT2D eigenvalue weighted by molar-refractivity contribution is -0.0459. The van der Waals surface area contributed by atoms with Gasteiger partial charge in [0, 0.05) is 23.9 Å². The van der Waals surface area contributed by atoms with E-state index in [2.05, 4.69) is 19.9 Å². The summed E-state index contributed by atoms with van der Waals surface area (Å²) in [5, 5.41) is 40.4. The Balaban J connectivity index is 1.15. The van der Waals surface area contributed by atoms with Crippen LogP contribution in [0.15, 0.2) is 23.6 Å². The maximum Gasteiger partial charge on any atom is 0.351 e. The van der Waals surface area contributed by atoms with E-state index >= 15 is 0 Å². The molecule has 5 heterocycles. The molecule has 15 nitrogen and oxygen atoms in total. The fourth-order valence-electron chi connectivity index (χ4n) is 4.69. The molecule has 2 fully saturated rings. The monoisotopic (exact) mass is 550 g/mol. The van der Waals surface area contributed by atoms with Gasteiger partial charge in [0.05, 0.1) is 25.1 Å². The second-order valence-corrected chi connectivity index (χ2v) is 10.4. The largest absolute Gasteiger partial charge is 0.394 e. The number of nitrogens with zero attached hydrogens (tertiary/aromatic N) is 6. The van der Waals surface area contributed by atoms with Gasteiger partial charge in [0.25, 0.3) is 0 Å². The Labute approximate surface area is 220 Å². The van der Waals surface area contributed by atoms with Gasteiger partial charge in [-0.1, -0.05) is 0 Å². The summed E-state index contributed by atoms with van der Waals surface area (Å²) < 4.78 is 14.4. The minimum absolute atomic E-state index is 0.131. The number of nitrogen functional groups attached to an aromatic ring is 2. The molecule has 0 aromatic carbocycles. The Morgan fingerprint density at radius 1 is 1.05 bits per heavy atom. The Bertz CT molecular complexity index is 1340. The van der Waals surface area contributed by atoms with Gasteiger partial charge >= 0.3 is 5.69 Å². The van der Waals surface area contributed by atoms with Gasteiger partial charge in [-0.2, -0.15) is 16.7 Å². The molecular formula is C22H30N8O7S. The molecule has 16 heteroatoms. The maximum atomic E-state index is 12.3. The molecular weight excluding hydrogens is 520 g/mol. The number of aliphatic hydroxyl groups is 4. The summed E-state index contributed by atoms with van der Waals surface area (Å²) in [4.78, 5) is 28.5. The summed E-state index contributed by atoms with van der Waals surface area (Å²) in [7, 11) is 0. The van der Waals surface area contributed by atoms with Crippen LogP contribution in [-0.2, 0) is 15.9 Å². The molecule has 38 heavy (non-hydrogen) atoms. The number of thioether (sulfide) groups is 1. The number of rotatable bonds is 9. The van der Waals surface area contributed by atoms with Crippen molar-refractivity contribution in [3.05, 3.63) is 34.9 Å². The van der Waals surface area contributed by atoms with Crippen LogP contribution in [0.4, 0.5) is 11.6 Å². The second-order valence-electron chi connectivity index (χ2n) is 9.26. The molecule has 0 aliphatic carbocycles. The van der Waals surface area contributed by atoms with Crippen LogP contribution in [0.2, 0.25) is 0 Å². The van der Waals surface area contributed by atoms with Crippen LogP contribution in [0.3, 0.4) is 0 Å². The fraction of sp³-hybridized carbons (Fsp3) is 0.591. The standard InChI is InChI=1S/C22H30N8O7S/c23-18-10(5-29(22(35)28-18)14-4-11(32)12(6-31)36-14)2-1-3-38-7-13-16(33)17(34)21(37-13)30-9-27-15-19(24)25-8-26-20(15)30/h5,8-9,11-14,16-17,21,31-34H,1-4,6-7H2,(H2,23,28,35)(H2,24,25,26)/t11-,12+,13+,14+,16+,17+,21+/m0/s1. The molecule has 7 atom stereocenters. The molecule has 0 amide bonds. The zero-order chi connectivity index (χ0) is 27.0. The third-order valence-electron chi connectivity index (χ3n) is 6.77. The zero-order valence-corrected chi connectivity index (χ0v) is 21.1. The first kappa shape index (κ1) is 26.7. The Morgan fingerprint density at radius 2 is 1.87 bits per heavy atom. The summed E-state index contributed by atoms with van der Waals surface area (Å²) in [5.41, 5.74) is 12.7. The van der Waals surface area contributed by atoms with Crippen molar-refractivity contribution < 1.29 is 29.9 Å². The van der Waals surface area contributed by atoms with Gasteiger partial charge in [-0.15, -0.1) is 0 Å². The predicted octanol–water partition coefficient (Wildman–Crippen LogP) is -1.83. The summed E-state index contributed by atoms with van der Waals surface area (Å²) >= 11 is 1.54. The molecule has 0 saturated carbocycles. The number of hydrogen-bond acceptors (Lipinski definition) is 14. The van der Waals surface area contributed by atoms with E-state index in [9.17, 15) is 25.2 Å². The highest BCUT2D eigenvalue weighted by molar-refractivity contribution is 7.99. The quantitative estimate of drug-likeness (QED) is 0.161. The van der Waals surface area contributed by atoms with E-state index in [4.69, 9.17) is 20.9 Å². The lowest BCUT2D eigenvalue weighted by Gasteiger charge is -2.16. The van der Waals surface area contributed by atoms with Gasteiger partial charge in [-0.3, -0.25) is 9.13 Å². The van der Waals surface area contributed by atoms with Crippen molar-refractivity contribution in [2.45, 2.75) is 62.2 Å². The highest BCUT2D eigenvalue weighted by Crippen LogP contribution is 2.33. The smallest absolute Gasteiger partial charge is 0.351 e. The number of nitrogens with two attached hydrogens (primary N) is 2. The van der Waals surface area contributed by atoms with E-state index in [0.717, 1.165) is 0 Å². The van der Waals surface area contributed by atoms with Crippen molar-refractivity contribution in [3.63, 3.8) is 0 Å². The normalized spacial score (nSPS) is 29.4. The van der Waals surface area contributed by atoms with Gasteiger partial charge in [-0.25, -0.2) is 19.7 Å². The second kappa shape index (κ2) is 11.1. The number of hydrogen-bond donors (Lipinski definition) is 6. The Kier molecular flexibility index (Phi) is 7.80. The lowest BCUT2D eigenvalue weighted by atomic mass is 10.1. The molecule has 206 valence electrons. The Morgan fingerprint density at radius 3 is 2.63 bits per heavy atom. The highest BCUT2D eigenvalue weighted by atomic mass is 32.2. The number of aryl methyl sites for hydroxylation is 1. The summed E-state index contributed by atoms with van der Waals surface area (Å²) in [6, 6.07) is 0. The van der Waals surface area contributed by atoms with Crippen molar-refractivity contribution in [1.29, 1.82) is 0 Å². The van der Waals surface area contributed by atoms with Crippen molar-refractivity contribution in [2.24, 2.45) is 0 Å². The first-order chi connectivity index (χ1) is 18.3. The molecule has 5 rings (SSSR count). The molecule has 2 saturated heterocycles. The number of fused-ring (bicyclic) bond motifs is 1. The molecule has 3 aromatic rings. The lowest BCUT2D eigenvalue weighted by Crippen LogP contribution is -2.32. The van der Waals surface area contributed by atoms with E-state index in [1.54, 1.807) is 18.0 Å². The fourth-order valence-corrected chi connectivity index (χ4v) is 5.71. The minimum Gasteiger partial charge on any atom is -0.394 e. The molecule has 2 aliphatic heterocycles. The number of aromatic nitrogens is 6. The summed E-state index contributed by atoms with van der Waals surface area (Å²) in [6.45, 7) is -0.349. The van der Waals surface area contributed by atoms with Gasteiger partial charge in [-0.05, 0) is 18.6 Å². The van der Waals surface area contributed by atoms with Crippen molar-refractivity contribution in [3.8, 4) is 0 Å². The summed E-state index contributed by atoms with van der Waals surface area (Å²) in [5.74, 6) is 1.46. The number of ether oxygens (including phenoxy) is 2. The predicted molar refractivity (Wildman–Crippen MR) is 136 cm³/mol. The molecule has 0 spiro atoms. The number of imidazole rings is 1. The van der Waals surface area contributed by atoms with E-state index in [-0.39, 0.29) is 24.7 Å². The van der Waals surface area contributed by atoms with Crippen LogP contribution in [0.25, 0.3) is 11.2 Å². The zero-order valence-electron chi connectivity index (χ0n) is 20.3. The van der Waals surface area contributed by atoms with Gasteiger partial charge < -0.3 is 41.4 Å². The van der Waals surface area contributed by atoms with Crippen LogP contribution in [0.5, 0.6) is 0 Å². The van der Waals surface area contributed by atoms with Gasteiger partial charge in [0.1, 0.15) is 42.2 Å². The maximum absolute atomic E-state index is 12.3. The van der Waals surface area contributed by atoms with Crippen molar-refractivity contribution in [1.82, 2.24) is 29.1 Å². The van der Waals surface area contributed by atoms with Crippen molar-refractivity contribution in [2.75, 3.05) is 29.6 Å². The van der Waals surface area contributed by atoms with E-state index in [1.165, 1.54) is 21.8 Å². The number of anilines is 2. The third kappa shape index (κ3) is 5.07. The highest BCUT2D eigenvalue weighted by Gasteiger charge is 2.44. The number of aliphatic hydroxyl groups excluding tert-OH is 4. The minimum atomic E-state index is -1.18. The van der Waals surface area contributed by atoms with Gasteiger partial charge in [0.15, 0.2) is 17.7 Å². The average Bonchev–Trinajstić information content (AvgIpc) is 3.57. The van der Waals surface area contributed by atoms with Gasteiger partial charge in [0.2, 0.25) is 0 Å². The average molecular weight is 551 g/mol. The molecule has 0 bridgehead atoms. The molecule has 0 unspecified atom stereocenters. The first-order valence-corrected chi connectivity index (χ1v) is 13.3. The van der Waals surface area contributed by atoms with Crippen LogP contribution in [0, 0.1) is 0 Å². The molecule has 8 N–H and O–H groups in total. The van der Waals surface area contributed by atoms with Crippen LogP contribution >= 0.6 is 11.8 Å². The van der Waals surface area contributed by atoms with E-state index in [1.807, 2.05) is 0 Å². The van der Waals surface area contributed by atoms with E-state index in [0.29, 0.717) is 41.1 Å². The topological polar surface area (TPSA) is 230 Å².